The molecule has 0 aliphatic heterocycles. The Bertz CT molecular complexity index is 858. The van der Waals surface area contributed by atoms with Gasteiger partial charge in [-0.3, -0.25) is 9.10 Å². The van der Waals surface area contributed by atoms with Gasteiger partial charge in [0.15, 0.2) is 0 Å². The van der Waals surface area contributed by atoms with E-state index in [-0.39, 0.29) is 5.69 Å². The molecule has 0 unspecified atom stereocenters. The fourth-order valence-corrected chi connectivity index (χ4v) is 3.80. The van der Waals surface area contributed by atoms with Crippen molar-refractivity contribution in [1.82, 2.24) is 0 Å². The third kappa shape index (κ3) is 4.33. The summed E-state index contributed by atoms with van der Waals surface area (Å²) in [4.78, 5) is 12.4. The Labute approximate surface area is 148 Å². The number of hydrogen-bond acceptors (Lipinski definition) is 3. The molecule has 0 aromatic heterocycles. The number of carbonyl (C=O) groups is 1. The van der Waals surface area contributed by atoms with E-state index in [2.05, 4.69) is 21.2 Å². The summed E-state index contributed by atoms with van der Waals surface area (Å²) in [6.45, 7) is 1.40. The average molecular weight is 415 g/mol. The first-order chi connectivity index (χ1) is 11.2. The molecule has 0 aliphatic rings. The van der Waals surface area contributed by atoms with Crippen LogP contribution in [0.2, 0.25) is 0 Å². The summed E-state index contributed by atoms with van der Waals surface area (Å²) < 4.78 is 39.8. The third-order valence-corrected chi connectivity index (χ3v) is 4.99. The van der Waals surface area contributed by atoms with Crippen molar-refractivity contribution in [2.75, 3.05) is 15.9 Å². The van der Waals surface area contributed by atoms with Gasteiger partial charge in [-0.2, -0.15) is 0 Å². The highest BCUT2D eigenvalue weighted by atomic mass is 79.9. The zero-order valence-electron chi connectivity index (χ0n) is 13.0. The van der Waals surface area contributed by atoms with E-state index in [0.717, 1.165) is 21.1 Å². The Hall–Kier alpha value is -1.93. The fraction of sp³-hybridized carbons (Fsp3) is 0.188. The topological polar surface area (TPSA) is 66.5 Å². The van der Waals surface area contributed by atoms with Crippen molar-refractivity contribution in [2.24, 2.45) is 0 Å². The molecule has 8 heteroatoms. The first-order valence-corrected chi connectivity index (χ1v) is 9.64. The van der Waals surface area contributed by atoms with Crippen LogP contribution in [0.5, 0.6) is 0 Å². The van der Waals surface area contributed by atoms with Crippen molar-refractivity contribution in [3.8, 4) is 0 Å². The molecule has 0 aliphatic carbocycles. The van der Waals surface area contributed by atoms with Crippen LogP contribution in [-0.2, 0) is 14.8 Å². The second-order valence-corrected chi connectivity index (χ2v) is 7.96. The summed E-state index contributed by atoms with van der Waals surface area (Å²) in [5.41, 5.74) is 0.333. The van der Waals surface area contributed by atoms with Gasteiger partial charge in [0.25, 0.3) is 0 Å². The van der Waals surface area contributed by atoms with Gasteiger partial charge in [-0.05, 0) is 37.3 Å². The quantitative estimate of drug-likeness (QED) is 0.815. The van der Waals surface area contributed by atoms with E-state index < -0.39 is 27.8 Å². The minimum absolute atomic E-state index is 0.170. The summed E-state index contributed by atoms with van der Waals surface area (Å²) in [7, 11) is -3.86. The van der Waals surface area contributed by atoms with E-state index >= 15 is 0 Å². The van der Waals surface area contributed by atoms with Crippen molar-refractivity contribution in [3.05, 3.63) is 58.8 Å². The van der Waals surface area contributed by atoms with Gasteiger partial charge in [-0.25, -0.2) is 12.8 Å². The van der Waals surface area contributed by atoms with E-state index in [1.807, 2.05) is 0 Å². The summed E-state index contributed by atoms with van der Waals surface area (Å²) >= 11 is 3.29. The van der Waals surface area contributed by atoms with Gasteiger partial charge in [0, 0.05) is 10.2 Å². The molecular formula is C16H16BrFN2O3S. The van der Waals surface area contributed by atoms with Crippen molar-refractivity contribution in [2.45, 2.75) is 13.0 Å². The Morgan fingerprint density at radius 3 is 2.46 bits per heavy atom. The molecule has 0 saturated carbocycles. The summed E-state index contributed by atoms with van der Waals surface area (Å²) in [5.74, 6) is -1.29. The Morgan fingerprint density at radius 2 is 1.88 bits per heavy atom. The Kier molecular flexibility index (Phi) is 5.61. The highest BCUT2D eigenvalue weighted by molar-refractivity contribution is 9.10. The first kappa shape index (κ1) is 18.4. The summed E-state index contributed by atoms with van der Waals surface area (Å²) in [5, 5.41) is 2.63. The van der Waals surface area contributed by atoms with E-state index in [0.29, 0.717) is 5.69 Å². The van der Waals surface area contributed by atoms with E-state index in [4.69, 9.17) is 0 Å². The smallest absolute Gasteiger partial charge is 0.247 e. The van der Waals surface area contributed by atoms with Crippen LogP contribution >= 0.6 is 15.9 Å². The Balaban J connectivity index is 2.33. The maximum absolute atomic E-state index is 14.0. The molecule has 0 fully saturated rings. The van der Waals surface area contributed by atoms with Crippen LogP contribution < -0.4 is 9.62 Å². The second kappa shape index (κ2) is 7.31. The molecule has 2 rings (SSSR count). The number of halogens is 2. The first-order valence-electron chi connectivity index (χ1n) is 7.00. The molecule has 2 aromatic rings. The van der Waals surface area contributed by atoms with Gasteiger partial charge in [0.2, 0.25) is 15.9 Å². The number of nitrogens with zero attached hydrogens (tertiary/aromatic N) is 1. The minimum atomic E-state index is -3.86. The predicted molar refractivity (Wildman–Crippen MR) is 96.0 cm³/mol. The standard InChI is InChI=1S/C16H16BrFN2O3S/c1-11(16(21)19-13-7-5-6-12(17)10-13)20(24(2,22)23)15-9-4-3-8-14(15)18/h3-11H,1-2H3,(H,19,21)/t11-/m1/s1. The molecule has 0 radical (unpaired) electrons. The largest absolute Gasteiger partial charge is 0.324 e. The highest BCUT2D eigenvalue weighted by Gasteiger charge is 2.30. The maximum atomic E-state index is 14.0. The van der Waals surface area contributed by atoms with Gasteiger partial charge in [0.05, 0.1) is 11.9 Å². The molecular weight excluding hydrogens is 399 g/mol. The molecule has 2 aromatic carbocycles. The number of benzene rings is 2. The van der Waals surface area contributed by atoms with Crippen LogP contribution in [0, 0.1) is 5.82 Å². The molecule has 5 nitrogen and oxygen atoms in total. The van der Waals surface area contributed by atoms with E-state index in [1.165, 1.54) is 25.1 Å². The predicted octanol–water partition coefficient (Wildman–Crippen LogP) is 3.38. The van der Waals surface area contributed by atoms with Crippen LogP contribution in [-0.4, -0.2) is 26.6 Å². The van der Waals surface area contributed by atoms with E-state index in [9.17, 15) is 17.6 Å². The zero-order chi connectivity index (χ0) is 17.9. The van der Waals surface area contributed by atoms with Gasteiger partial charge in [-0.1, -0.05) is 34.1 Å². The minimum Gasteiger partial charge on any atom is -0.324 e. The number of rotatable bonds is 5. The van der Waals surface area contributed by atoms with Gasteiger partial charge >= 0.3 is 0 Å². The molecule has 0 saturated heterocycles. The molecule has 128 valence electrons. The SMILES string of the molecule is C[C@H](C(=O)Nc1cccc(Br)c1)N(c1ccccc1F)S(C)(=O)=O. The number of amides is 1. The van der Waals surface area contributed by atoms with Crippen molar-refractivity contribution >= 4 is 43.2 Å². The zero-order valence-corrected chi connectivity index (χ0v) is 15.4. The van der Waals surface area contributed by atoms with Crippen LogP contribution in [0.25, 0.3) is 0 Å². The molecule has 24 heavy (non-hydrogen) atoms. The number of nitrogens with one attached hydrogen (secondary N) is 1. The van der Waals surface area contributed by atoms with Crippen molar-refractivity contribution < 1.29 is 17.6 Å². The van der Waals surface area contributed by atoms with Gasteiger partial charge in [0.1, 0.15) is 11.9 Å². The van der Waals surface area contributed by atoms with Crippen LogP contribution in [0.3, 0.4) is 0 Å². The second-order valence-electron chi connectivity index (χ2n) is 5.19. The van der Waals surface area contributed by atoms with Crippen LogP contribution in [0.15, 0.2) is 53.0 Å². The monoisotopic (exact) mass is 414 g/mol. The number of carbonyl (C=O) groups excluding carboxylic acids is 1. The van der Waals surface area contributed by atoms with Crippen LogP contribution in [0.4, 0.5) is 15.8 Å². The molecule has 0 heterocycles. The summed E-state index contributed by atoms with van der Waals surface area (Å²) in [6.07, 6.45) is 0.933. The normalized spacial score (nSPS) is 12.5. The molecule has 0 bridgehead atoms. The third-order valence-electron chi connectivity index (χ3n) is 3.27. The van der Waals surface area contributed by atoms with Crippen molar-refractivity contribution in [1.29, 1.82) is 0 Å². The average Bonchev–Trinajstić information content (AvgIpc) is 2.48. The number of anilines is 2. The lowest BCUT2D eigenvalue weighted by Crippen LogP contribution is -2.45. The van der Waals surface area contributed by atoms with Crippen molar-refractivity contribution in [3.63, 3.8) is 0 Å². The lowest BCUT2D eigenvalue weighted by molar-refractivity contribution is -0.116. The fourth-order valence-electron chi connectivity index (χ4n) is 2.22. The number of para-hydroxylation sites is 1. The lowest BCUT2D eigenvalue weighted by Gasteiger charge is -2.28. The molecule has 1 amide bonds. The Morgan fingerprint density at radius 1 is 1.21 bits per heavy atom. The van der Waals surface area contributed by atoms with E-state index in [1.54, 1.807) is 24.3 Å². The summed E-state index contributed by atoms with van der Waals surface area (Å²) in [6, 6.07) is 11.2. The maximum Gasteiger partial charge on any atom is 0.247 e. The van der Waals surface area contributed by atoms with Crippen LogP contribution in [0.1, 0.15) is 6.92 Å². The molecule has 1 atom stereocenters. The number of hydrogen-bond donors (Lipinski definition) is 1. The highest BCUT2D eigenvalue weighted by Crippen LogP contribution is 2.25. The molecule has 1 N–H and O–H groups in total. The molecule has 0 spiro atoms. The van der Waals surface area contributed by atoms with Gasteiger partial charge in [-0.15, -0.1) is 0 Å². The number of sulfonamides is 1. The lowest BCUT2D eigenvalue weighted by atomic mass is 10.2. The van der Waals surface area contributed by atoms with Gasteiger partial charge < -0.3 is 5.32 Å².